The third-order valence-electron chi connectivity index (χ3n) is 3.40. The second kappa shape index (κ2) is 7.36. The quantitative estimate of drug-likeness (QED) is 0.588. The molecule has 0 aromatic heterocycles. The van der Waals surface area contributed by atoms with E-state index >= 15 is 0 Å². The van der Waals surface area contributed by atoms with Gasteiger partial charge in [-0.25, -0.2) is 0 Å². The molecule has 0 spiro atoms. The number of carbonyl (C=O) groups is 1. The predicted molar refractivity (Wildman–Crippen MR) is 90.5 cm³/mol. The Hall–Kier alpha value is -1.94. The van der Waals surface area contributed by atoms with Gasteiger partial charge in [0.2, 0.25) is 0 Å². The van der Waals surface area contributed by atoms with Crippen molar-refractivity contribution in [3.8, 4) is 11.5 Å². The van der Waals surface area contributed by atoms with E-state index in [1.54, 1.807) is 44.2 Å². The fourth-order valence-corrected chi connectivity index (χ4v) is 3.10. The molecule has 0 N–H and O–H groups in total. The maximum absolute atomic E-state index is 12.4. The minimum atomic E-state index is 0.0458. The lowest BCUT2D eigenvalue weighted by atomic mass is 10.1. The van der Waals surface area contributed by atoms with Crippen LogP contribution in [0.2, 0.25) is 0 Å². The molecule has 22 heavy (non-hydrogen) atoms. The monoisotopic (exact) mass is 316 g/mol. The molecule has 0 unspecified atom stereocenters. The highest BCUT2D eigenvalue weighted by Crippen LogP contribution is 2.28. The Morgan fingerprint density at radius 3 is 2.45 bits per heavy atom. The first kappa shape index (κ1) is 16.4. The molecule has 0 atom stereocenters. The van der Waals surface area contributed by atoms with Crippen molar-refractivity contribution in [1.29, 1.82) is 0 Å². The molecule has 116 valence electrons. The molecule has 0 aliphatic rings. The zero-order valence-corrected chi connectivity index (χ0v) is 14.1. The normalized spacial score (nSPS) is 10.4. The fraction of sp³-hybridized carbons (Fsp3) is 0.278. The maximum atomic E-state index is 12.4. The summed E-state index contributed by atoms with van der Waals surface area (Å²) < 4.78 is 10.4. The van der Waals surface area contributed by atoms with Gasteiger partial charge in [-0.05, 0) is 37.6 Å². The largest absolute Gasteiger partial charge is 0.497 e. The summed E-state index contributed by atoms with van der Waals surface area (Å²) in [4.78, 5) is 13.6. The number of benzene rings is 2. The van der Waals surface area contributed by atoms with Gasteiger partial charge >= 0.3 is 0 Å². The summed E-state index contributed by atoms with van der Waals surface area (Å²) in [6, 6.07) is 11.5. The molecule has 0 saturated carbocycles. The third kappa shape index (κ3) is 3.83. The molecule has 2 aromatic rings. The highest BCUT2D eigenvalue weighted by Gasteiger charge is 2.14. The molecule has 2 rings (SSSR count). The Labute approximate surface area is 135 Å². The van der Waals surface area contributed by atoms with Crippen molar-refractivity contribution in [3.63, 3.8) is 0 Å². The van der Waals surface area contributed by atoms with Crippen molar-refractivity contribution in [1.82, 2.24) is 0 Å². The molecule has 0 saturated heterocycles. The topological polar surface area (TPSA) is 35.5 Å². The number of ether oxygens (including phenoxy) is 2. The van der Waals surface area contributed by atoms with E-state index < -0.39 is 0 Å². The summed E-state index contributed by atoms with van der Waals surface area (Å²) in [5, 5.41) is 0. The van der Waals surface area contributed by atoms with E-state index in [9.17, 15) is 4.79 Å². The van der Waals surface area contributed by atoms with E-state index in [1.807, 2.05) is 0 Å². The highest BCUT2D eigenvalue weighted by molar-refractivity contribution is 8.00. The molecule has 4 heteroatoms. The molecule has 0 aliphatic heterocycles. The smallest absolute Gasteiger partial charge is 0.176 e. The predicted octanol–water partition coefficient (Wildman–Crippen LogP) is 4.30. The van der Waals surface area contributed by atoms with Crippen molar-refractivity contribution in [3.05, 3.63) is 53.1 Å². The number of thioether (sulfide) groups is 1. The van der Waals surface area contributed by atoms with Crippen LogP contribution in [0.1, 0.15) is 21.5 Å². The lowest BCUT2D eigenvalue weighted by molar-refractivity contribution is 0.101. The molecular formula is C18H20O3S. The van der Waals surface area contributed by atoms with Crippen molar-refractivity contribution in [2.45, 2.75) is 18.7 Å². The zero-order chi connectivity index (χ0) is 16.1. The molecule has 0 heterocycles. The van der Waals surface area contributed by atoms with Gasteiger partial charge in [-0.15, -0.1) is 11.8 Å². The Kier molecular flexibility index (Phi) is 5.50. The van der Waals surface area contributed by atoms with Crippen molar-refractivity contribution in [2.24, 2.45) is 0 Å². The molecule has 0 radical (unpaired) electrons. The lowest BCUT2D eigenvalue weighted by Crippen LogP contribution is -2.05. The van der Waals surface area contributed by atoms with Crippen LogP contribution >= 0.6 is 11.8 Å². The van der Waals surface area contributed by atoms with E-state index in [2.05, 4.69) is 32.0 Å². The summed E-state index contributed by atoms with van der Waals surface area (Å²) in [5.74, 6) is 1.65. The van der Waals surface area contributed by atoms with Crippen LogP contribution in [0.5, 0.6) is 11.5 Å². The van der Waals surface area contributed by atoms with Crippen LogP contribution in [0.4, 0.5) is 0 Å². The number of ketones is 1. The summed E-state index contributed by atoms with van der Waals surface area (Å²) >= 11 is 1.55. The fourth-order valence-electron chi connectivity index (χ4n) is 2.21. The van der Waals surface area contributed by atoms with Gasteiger partial charge < -0.3 is 9.47 Å². The third-order valence-corrected chi connectivity index (χ3v) is 4.57. The number of hydrogen-bond donors (Lipinski definition) is 0. The van der Waals surface area contributed by atoms with Crippen LogP contribution in [0.25, 0.3) is 0 Å². The van der Waals surface area contributed by atoms with Gasteiger partial charge in [0.05, 0.1) is 25.5 Å². The van der Waals surface area contributed by atoms with Gasteiger partial charge in [0.25, 0.3) is 0 Å². The highest BCUT2D eigenvalue weighted by atomic mass is 32.2. The standard InChI is InChI=1S/C18H20O3S/c1-12-5-8-18(13(2)9-12)22-11-16(19)15-7-6-14(20-3)10-17(15)21-4/h5-10H,11H2,1-4H3. The van der Waals surface area contributed by atoms with Gasteiger partial charge in [-0.3, -0.25) is 4.79 Å². The number of methoxy groups -OCH3 is 2. The molecule has 0 amide bonds. The minimum Gasteiger partial charge on any atom is -0.497 e. The van der Waals surface area contributed by atoms with Gasteiger partial charge in [0.15, 0.2) is 5.78 Å². The van der Waals surface area contributed by atoms with Gasteiger partial charge in [0.1, 0.15) is 11.5 Å². The van der Waals surface area contributed by atoms with E-state index in [4.69, 9.17) is 9.47 Å². The van der Waals surface area contributed by atoms with Gasteiger partial charge in [0, 0.05) is 11.0 Å². The summed E-state index contributed by atoms with van der Waals surface area (Å²) in [7, 11) is 3.15. The molecule has 2 aromatic carbocycles. The van der Waals surface area contributed by atoms with Gasteiger partial charge in [-0.1, -0.05) is 17.7 Å². The lowest BCUT2D eigenvalue weighted by Gasteiger charge is -2.10. The minimum absolute atomic E-state index is 0.0458. The molecular weight excluding hydrogens is 296 g/mol. The summed E-state index contributed by atoms with van der Waals surface area (Å²) in [6.07, 6.45) is 0. The van der Waals surface area contributed by atoms with Crippen LogP contribution in [-0.2, 0) is 0 Å². The average molecular weight is 316 g/mol. The van der Waals surface area contributed by atoms with E-state index in [0.29, 0.717) is 22.8 Å². The molecule has 0 aliphatic carbocycles. The number of aryl methyl sites for hydroxylation is 2. The van der Waals surface area contributed by atoms with Gasteiger partial charge in [-0.2, -0.15) is 0 Å². The Balaban J connectivity index is 2.12. The van der Waals surface area contributed by atoms with Crippen LogP contribution in [0.15, 0.2) is 41.3 Å². The van der Waals surface area contributed by atoms with Crippen molar-refractivity contribution >= 4 is 17.5 Å². The van der Waals surface area contributed by atoms with Crippen LogP contribution in [0, 0.1) is 13.8 Å². The van der Waals surface area contributed by atoms with E-state index in [0.717, 1.165) is 4.90 Å². The van der Waals surface area contributed by atoms with Crippen LogP contribution in [-0.4, -0.2) is 25.8 Å². The molecule has 0 bridgehead atoms. The second-order valence-electron chi connectivity index (χ2n) is 5.05. The van der Waals surface area contributed by atoms with Crippen molar-refractivity contribution < 1.29 is 14.3 Å². The number of Topliss-reactive ketones (excluding diaryl/α,β-unsaturated/α-hetero) is 1. The first-order valence-electron chi connectivity index (χ1n) is 7.00. The number of carbonyl (C=O) groups excluding carboxylic acids is 1. The van der Waals surface area contributed by atoms with E-state index in [1.165, 1.54) is 11.1 Å². The average Bonchev–Trinajstić information content (AvgIpc) is 2.53. The first-order chi connectivity index (χ1) is 10.5. The summed E-state index contributed by atoms with van der Waals surface area (Å²) in [6.45, 7) is 4.13. The number of rotatable bonds is 6. The van der Waals surface area contributed by atoms with Crippen molar-refractivity contribution in [2.75, 3.05) is 20.0 Å². The first-order valence-corrected chi connectivity index (χ1v) is 7.99. The molecule has 3 nitrogen and oxygen atoms in total. The van der Waals surface area contributed by atoms with E-state index in [-0.39, 0.29) is 5.78 Å². The summed E-state index contributed by atoms with van der Waals surface area (Å²) in [5.41, 5.74) is 3.00. The van der Waals surface area contributed by atoms with Crippen LogP contribution in [0.3, 0.4) is 0 Å². The second-order valence-corrected chi connectivity index (χ2v) is 6.06. The Morgan fingerprint density at radius 2 is 1.82 bits per heavy atom. The van der Waals surface area contributed by atoms with Crippen LogP contribution < -0.4 is 9.47 Å². The Morgan fingerprint density at radius 1 is 1.05 bits per heavy atom. The SMILES string of the molecule is COc1ccc(C(=O)CSc2ccc(C)cc2C)c(OC)c1. The Bertz CT molecular complexity index is 680. The maximum Gasteiger partial charge on any atom is 0.176 e. The zero-order valence-electron chi connectivity index (χ0n) is 13.3. The number of hydrogen-bond acceptors (Lipinski definition) is 4. The molecule has 0 fully saturated rings.